The second kappa shape index (κ2) is 6.74. The van der Waals surface area contributed by atoms with E-state index in [0.29, 0.717) is 13.1 Å². The number of carboxylic acid groups (broad SMARTS) is 1. The van der Waals surface area contributed by atoms with Crippen LogP contribution in [0.15, 0.2) is 17.5 Å². The lowest BCUT2D eigenvalue weighted by molar-refractivity contribution is -0.145. The van der Waals surface area contributed by atoms with Gasteiger partial charge in [0.25, 0.3) is 0 Å². The van der Waals surface area contributed by atoms with Crippen molar-refractivity contribution in [3.63, 3.8) is 0 Å². The van der Waals surface area contributed by atoms with Gasteiger partial charge in [0, 0.05) is 18.0 Å². The van der Waals surface area contributed by atoms with E-state index in [9.17, 15) is 14.7 Å². The normalized spacial score (nSPS) is 22.6. The molecular formula is C14H20N2O3S. The molecule has 2 atom stereocenters. The molecule has 0 saturated carbocycles. The summed E-state index contributed by atoms with van der Waals surface area (Å²) in [6.45, 7) is 2.95. The summed E-state index contributed by atoms with van der Waals surface area (Å²) in [4.78, 5) is 26.1. The van der Waals surface area contributed by atoms with Gasteiger partial charge in [0.2, 0.25) is 0 Å². The van der Waals surface area contributed by atoms with Crippen LogP contribution in [-0.4, -0.2) is 41.1 Å². The van der Waals surface area contributed by atoms with E-state index >= 15 is 0 Å². The van der Waals surface area contributed by atoms with E-state index in [1.807, 2.05) is 24.4 Å². The molecule has 20 heavy (non-hydrogen) atoms. The molecule has 110 valence electrons. The van der Waals surface area contributed by atoms with Crippen LogP contribution in [0.3, 0.4) is 0 Å². The molecule has 1 aliphatic rings. The van der Waals surface area contributed by atoms with Crippen molar-refractivity contribution < 1.29 is 14.7 Å². The number of piperidine rings is 1. The fourth-order valence-electron chi connectivity index (χ4n) is 2.64. The minimum absolute atomic E-state index is 0.00398. The van der Waals surface area contributed by atoms with E-state index < -0.39 is 12.0 Å². The SMILES string of the molecule is CC1CCCN(C(=O)NCCc2cccs2)C1C(=O)O. The first-order valence-corrected chi connectivity index (χ1v) is 7.77. The summed E-state index contributed by atoms with van der Waals surface area (Å²) in [7, 11) is 0. The number of likely N-dealkylation sites (tertiary alicyclic amines) is 1. The second-order valence-corrected chi connectivity index (χ2v) is 6.19. The molecule has 1 aromatic heterocycles. The summed E-state index contributed by atoms with van der Waals surface area (Å²) in [5, 5.41) is 14.1. The predicted molar refractivity (Wildman–Crippen MR) is 77.9 cm³/mol. The molecule has 0 bridgehead atoms. The molecule has 1 fully saturated rings. The van der Waals surface area contributed by atoms with Crippen LogP contribution in [0, 0.1) is 5.92 Å². The number of hydrogen-bond donors (Lipinski definition) is 2. The van der Waals surface area contributed by atoms with Gasteiger partial charge in [-0.2, -0.15) is 0 Å². The van der Waals surface area contributed by atoms with E-state index in [1.54, 1.807) is 11.3 Å². The smallest absolute Gasteiger partial charge is 0.326 e. The summed E-state index contributed by atoms with van der Waals surface area (Å²) in [5.41, 5.74) is 0. The molecule has 0 spiro atoms. The fraction of sp³-hybridized carbons (Fsp3) is 0.571. The zero-order chi connectivity index (χ0) is 14.5. The molecule has 1 saturated heterocycles. The average Bonchev–Trinajstić information content (AvgIpc) is 2.91. The van der Waals surface area contributed by atoms with Crippen LogP contribution in [0.25, 0.3) is 0 Å². The third kappa shape index (κ3) is 3.50. The lowest BCUT2D eigenvalue weighted by atomic mass is 9.91. The molecule has 6 heteroatoms. The largest absolute Gasteiger partial charge is 0.480 e. The Morgan fingerprint density at radius 2 is 2.35 bits per heavy atom. The summed E-state index contributed by atoms with van der Waals surface area (Å²) >= 11 is 1.66. The number of thiophene rings is 1. The molecule has 0 radical (unpaired) electrons. The lowest BCUT2D eigenvalue weighted by Gasteiger charge is -2.37. The van der Waals surface area contributed by atoms with Crippen molar-refractivity contribution in [1.82, 2.24) is 10.2 Å². The highest BCUT2D eigenvalue weighted by Gasteiger charge is 2.36. The number of nitrogens with zero attached hydrogens (tertiary/aromatic N) is 1. The third-order valence-corrected chi connectivity index (χ3v) is 4.61. The first kappa shape index (κ1) is 14.8. The van der Waals surface area contributed by atoms with Crippen molar-refractivity contribution in [1.29, 1.82) is 0 Å². The van der Waals surface area contributed by atoms with Crippen molar-refractivity contribution >= 4 is 23.3 Å². The van der Waals surface area contributed by atoms with Gasteiger partial charge in [-0.1, -0.05) is 13.0 Å². The van der Waals surface area contributed by atoms with Crippen molar-refractivity contribution in [3.05, 3.63) is 22.4 Å². The van der Waals surface area contributed by atoms with E-state index in [0.717, 1.165) is 19.3 Å². The summed E-state index contributed by atoms with van der Waals surface area (Å²) in [6, 6.07) is 3.04. The molecule has 2 N–H and O–H groups in total. The minimum Gasteiger partial charge on any atom is -0.480 e. The van der Waals surface area contributed by atoms with Gasteiger partial charge in [0.1, 0.15) is 6.04 Å². The number of aliphatic carboxylic acids is 1. The Morgan fingerprint density at radius 3 is 3.00 bits per heavy atom. The van der Waals surface area contributed by atoms with E-state index in [1.165, 1.54) is 9.78 Å². The Labute approximate surface area is 122 Å². The number of urea groups is 1. The van der Waals surface area contributed by atoms with Gasteiger partial charge in [0.15, 0.2) is 0 Å². The summed E-state index contributed by atoms with van der Waals surface area (Å²) in [6.07, 6.45) is 2.50. The molecule has 0 aromatic carbocycles. The maximum absolute atomic E-state index is 12.1. The van der Waals surface area contributed by atoms with E-state index in [2.05, 4.69) is 5.32 Å². The Morgan fingerprint density at radius 1 is 1.55 bits per heavy atom. The molecule has 1 aromatic rings. The molecule has 1 aliphatic heterocycles. The van der Waals surface area contributed by atoms with Gasteiger partial charge >= 0.3 is 12.0 Å². The van der Waals surface area contributed by atoms with Crippen LogP contribution in [0.1, 0.15) is 24.6 Å². The highest BCUT2D eigenvalue weighted by molar-refractivity contribution is 7.09. The average molecular weight is 296 g/mol. The number of nitrogens with one attached hydrogen (secondary N) is 1. The predicted octanol–water partition coefficient (Wildman–Crippen LogP) is 2.19. The van der Waals surface area contributed by atoms with Crippen LogP contribution in [-0.2, 0) is 11.2 Å². The highest BCUT2D eigenvalue weighted by Crippen LogP contribution is 2.23. The Hall–Kier alpha value is -1.56. The number of carboxylic acids is 1. The van der Waals surface area contributed by atoms with Gasteiger partial charge < -0.3 is 15.3 Å². The first-order valence-electron chi connectivity index (χ1n) is 6.89. The van der Waals surface area contributed by atoms with Crippen LogP contribution in [0.5, 0.6) is 0 Å². The summed E-state index contributed by atoms with van der Waals surface area (Å²) in [5.74, 6) is -0.907. The topological polar surface area (TPSA) is 69.6 Å². The maximum Gasteiger partial charge on any atom is 0.326 e. The summed E-state index contributed by atoms with van der Waals surface area (Å²) < 4.78 is 0. The van der Waals surface area contributed by atoms with Crippen LogP contribution >= 0.6 is 11.3 Å². The number of carbonyl (C=O) groups is 2. The van der Waals surface area contributed by atoms with E-state index in [-0.39, 0.29) is 11.9 Å². The Balaban J connectivity index is 1.88. The monoisotopic (exact) mass is 296 g/mol. The first-order chi connectivity index (χ1) is 9.59. The van der Waals surface area contributed by atoms with E-state index in [4.69, 9.17) is 0 Å². The molecule has 5 nitrogen and oxygen atoms in total. The van der Waals surface area contributed by atoms with Crippen molar-refractivity contribution in [2.24, 2.45) is 5.92 Å². The van der Waals surface area contributed by atoms with Crippen molar-refractivity contribution in [3.8, 4) is 0 Å². The molecule has 2 unspecified atom stereocenters. The minimum atomic E-state index is -0.911. The highest BCUT2D eigenvalue weighted by atomic mass is 32.1. The number of carbonyl (C=O) groups excluding carboxylic acids is 1. The fourth-order valence-corrected chi connectivity index (χ4v) is 3.35. The van der Waals surface area contributed by atoms with Gasteiger partial charge in [0.05, 0.1) is 0 Å². The van der Waals surface area contributed by atoms with Gasteiger partial charge in [-0.15, -0.1) is 11.3 Å². The van der Waals surface area contributed by atoms with Gasteiger partial charge in [-0.3, -0.25) is 0 Å². The quantitative estimate of drug-likeness (QED) is 0.894. The van der Waals surface area contributed by atoms with Crippen molar-refractivity contribution in [2.45, 2.75) is 32.2 Å². The number of rotatable bonds is 4. The third-order valence-electron chi connectivity index (χ3n) is 3.67. The number of amides is 2. The van der Waals surface area contributed by atoms with Crippen LogP contribution in [0.2, 0.25) is 0 Å². The van der Waals surface area contributed by atoms with Crippen molar-refractivity contribution in [2.75, 3.05) is 13.1 Å². The lowest BCUT2D eigenvalue weighted by Crippen LogP contribution is -2.55. The number of hydrogen-bond acceptors (Lipinski definition) is 3. The zero-order valence-corrected chi connectivity index (χ0v) is 12.4. The zero-order valence-electron chi connectivity index (χ0n) is 11.5. The second-order valence-electron chi connectivity index (χ2n) is 5.16. The standard InChI is InChI=1S/C14H20N2O3S/c1-10-4-2-8-16(12(10)13(17)18)14(19)15-7-6-11-5-3-9-20-11/h3,5,9-10,12H,2,4,6-8H2,1H3,(H,15,19)(H,17,18). The van der Waals surface area contributed by atoms with Crippen LogP contribution in [0.4, 0.5) is 4.79 Å². The Bertz CT molecular complexity index is 461. The van der Waals surface area contributed by atoms with Gasteiger partial charge in [-0.05, 0) is 36.6 Å². The molecule has 2 heterocycles. The van der Waals surface area contributed by atoms with Crippen LogP contribution < -0.4 is 5.32 Å². The maximum atomic E-state index is 12.1. The molecule has 2 rings (SSSR count). The molecule has 2 amide bonds. The Kier molecular flexibility index (Phi) is 5.00. The molecular weight excluding hydrogens is 276 g/mol. The molecule has 0 aliphatic carbocycles. The van der Waals surface area contributed by atoms with Gasteiger partial charge in [-0.25, -0.2) is 9.59 Å².